The fourth-order valence-corrected chi connectivity index (χ4v) is 3.38. The Morgan fingerprint density at radius 2 is 1.78 bits per heavy atom. The van der Waals surface area contributed by atoms with E-state index in [2.05, 4.69) is 43.3 Å². The van der Waals surface area contributed by atoms with Gasteiger partial charge in [-0.2, -0.15) is 0 Å². The predicted octanol–water partition coefficient (Wildman–Crippen LogP) is 3.99. The molecule has 0 spiro atoms. The van der Waals surface area contributed by atoms with Gasteiger partial charge in [0.25, 0.3) is 5.91 Å². The molecule has 0 saturated heterocycles. The summed E-state index contributed by atoms with van der Waals surface area (Å²) >= 11 is 0. The number of carbonyl (C=O) groups is 1. The SMILES string of the molecule is CC(C)N(C(=O)c1ccc2c(c1)c1cccnc1n2C)C(C)C. The second-order valence-electron chi connectivity index (χ2n) is 6.57. The number of pyridine rings is 1. The molecule has 4 nitrogen and oxygen atoms in total. The monoisotopic (exact) mass is 309 g/mol. The third-order valence-corrected chi connectivity index (χ3v) is 4.35. The Labute approximate surface area is 136 Å². The van der Waals surface area contributed by atoms with Crippen LogP contribution in [0.15, 0.2) is 36.5 Å². The smallest absolute Gasteiger partial charge is 0.254 e. The van der Waals surface area contributed by atoms with E-state index < -0.39 is 0 Å². The van der Waals surface area contributed by atoms with Crippen LogP contribution < -0.4 is 0 Å². The van der Waals surface area contributed by atoms with E-state index in [1.807, 2.05) is 36.2 Å². The third-order valence-electron chi connectivity index (χ3n) is 4.35. The first kappa shape index (κ1) is 15.5. The normalized spacial score (nSPS) is 11.8. The zero-order valence-electron chi connectivity index (χ0n) is 14.4. The fraction of sp³-hybridized carbons (Fsp3) is 0.368. The molecule has 0 atom stereocenters. The summed E-state index contributed by atoms with van der Waals surface area (Å²) in [5.41, 5.74) is 2.77. The van der Waals surface area contributed by atoms with Crippen molar-refractivity contribution in [2.75, 3.05) is 0 Å². The van der Waals surface area contributed by atoms with Gasteiger partial charge in [-0.1, -0.05) is 0 Å². The first-order valence-corrected chi connectivity index (χ1v) is 8.07. The maximum atomic E-state index is 12.9. The van der Waals surface area contributed by atoms with Crippen LogP contribution >= 0.6 is 0 Å². The quantitative estimate of drug-likeness (QED) is 0.734. The van der Waals surface area contributed by atoms with E-state index in [0.717, 1.165) is 27.5 Å². The van der Waals surface area contributed by atoms with Gasteiger partial charge in [-0.05, 0) is 58.0 Å². The van der Waals surface area contributed by atoms with Crippen molar-refractivity contribution in [2.45, 2.75) is 39.8 Å². The Bertz CT molecular complexity index is 869. The Hall–Kier alpha value is -2.36. The molecule has 3 rings (SSSR count). The second kappa shape index (κ2) is 5.69. The summed E-state index contributed by atoms with van der Waals surface area (Å²) < 4.78 is 2.07. The minimum Gasteiger partial charge on any atom is -0.334 e. The Balaban J connectivity index is 2.17. The summed E-state index contributed by atoms with van der Waals surface area (Å²) in [7, 11) is 2.01. The molecule has 23 heavy (non-hydrogen) atoms. The van der Waals surface area contributed by atoms with E-state index in [0.29, 0.717) is 0 Å². The summed E-state index contributed by atoms with van der Waals surface area (Å²) in [6, 6.07) is 10.3. The number of hydrogen-bond acceptors (Lipinski definition) is 2. The lowest BCUT2D eigenvalue weighted by molar-refractivity contribution is 0.0644. The number of hydrogen-bond donors (Lipinski definition) is 0. The van der Waals surface area contributed by atoms with Crippen molar-refractivity contribution in [3.8, 4) is 0 Å². The van der Waals surface area contributed by atoms with Gasteiger partial charge in [0.2, 0.25) is 0 Å². The van der Waals surface area contributed by atoms with Crippen molar-refractivity contribution in [3.63, 3.8) is 0 Å². The van der Waals surface area contributed by atoms with Crippen LogP contribution in [0.3, 0.4) is 0 Å². The Kier molecular flexibility index (Phi) is 3.84. The number of aryl methyl sites for hydroxylation is 1. The molecule has 1 aromatic carbocycles. The molecule has 0 aliphatic heterocycles. The van der Waals surface area contributed by atoms with Gasteiger partial charge in [0.15, 0.2) is 0 Å². The molecule has 0 bridgehead atoms. The summed E-state index contributed by atoms with van der Waals surface area (Å²) in [6.07, 6.45) is 1.80. The Morgan fingerprint density at radius 1 is 1.09 bits per heavy atom. The van der Waals surface area contributed by atoms with Crippen molar-refractivity contribution in [3.05, 3.63) is 42.1 Å². The average Bonchev–Trinajstić information content (AvgIpc) is 2.80. The van der Waals surface area contributed by atoms with Gasteiger partial charge in [-0.3, -0.25) is 4.79 Å². The summed E-state index contributed by atoms with van der Waals surface area (Å²) in [4.78, 5) is 19.3. The predicted molar refractivity (Wildman–Crippen MR) is 94.7 cm³/mol. The van der Waals surface area contributed by atoms with Crippen molar-refractivity contribution < 1.29 is 4.79 Å². The van der Waals surface area contributed by atoms with Crippen LogP contribution in [-0.4, -0.2) is 32.4 Å². The van der Waals surface area contributed by atoms with Gasteiger partial charge in [0, 0.05) is 41.7 Å². The number of fused-ring (bicyclic) bond motifs is 3. The molecule has 1 amide bonds. The molecule has 120 valence electrons. The minimum atomic E-state index is 0.0813. The molecule has 3 aromatic rings. The van der Waals surface area contributed by atoms with E-state index in [9.17, 15) is 4.79 Å². The topological polar surface area (TPSA) is 38.1 Å². The highest BCUT2D eigenvalue weighted by molar-refractivity contribution is 6.09. The maximum absolute atomic E-state index is 12.9. The van der Waals surface area contributed by atoms with Crippen LogP contribution in [0.4, 0.5) is 0 Å². The zero-order valence-corrected chi connectivity index (χ0v) is 14.4. The van der Waals surface area contributed by atoms with Gasteiger partial charge in [-0.15, -0.1) is 0 Å². The molecular formula is C19H23N3O. The highest BCUT2D eigenvalue weighted by Crippen LogP contribution is 2.28. The summed E-state index contributed by atoms with van der Waals surface area (Å²) in [6.45, 7) is 8.22. The van der Waals surface area contributed by atoms with E-state index >= 15 is 0 Å². The first-order chi connectivity index (χ1) is 10.9. The number of carbonyl (C=O) groups excluding carboxylic acids is 1. The molecule has 2 heterocycles. The summed E-state index contributed by atoms with van der Waals surface area (Å²) in [5, 5.41) is 2.16. The fourth-order valence-electron chi connectivity index (χ4n) is 3.38. The van der Waals surface area contributed by atoms with E-state index in [1.54, 1.807) is 6.20 Å². The zero-order chi connectivity index (χ0) is 16.7. The Morgan fingerprint density at radius 3 is 2.43 bits per heavy atom. The molecular weight excluding hydrogens is 286 g/mol. The highest BCUT2D eigenvalue weighted by Gasteiger charge is 2.22. The average molecular weight is 309 g/mol. The first-order valence-electron chi connectivity index (χ1n) is 8.07. The van der Waals surface area contributed by atoms with E-state index in [1.165, 1.54) is 0 Å². The van der Waals surface area contributed by atoms with Gasteiger partial charge in [0.1, 0.15) is 5.65 Å². The van der Waals surface area contributed by atoms with Crippen LogP contribution in [0.5, 0.6) is 0 Å². The molecule has 0 saturated carbocycles. The molecule has 0 aliphatic rings. The van der Waals surface area contributed by atoms with Crippen molar-refractivity contribution >= 4 is 27.8 Å². The standard InChI is InChI=1S/C19H23N3O/c1-12(2)22(13(3)4)19(23)14-8-9-17-16(11-14)15-7-6-10-20-18(15)21(17)5/h6-13H,1-5H3. The molecule has 0 aliphatic carbocycles. The molecule has 4 heteroatoms. The highest BCUT2D eigenvalue weighted by atomic mass is 16.2. The van der Waals surface area contributed by atoms with Crippen LogP contribution in [0.25, 0.3) is 21.9 Å². The van der Waals surface area contributed by atoms with Crippen molar-refractivity contribution in [1.82, 2.24) is 14.5 Å². The number of amides is 1. The number of benzene rings is 1. The van der Waals surface area contributed by atoms with Gasteiger partial charge in [-0.25, -0.2) is 4.98 Å². The molecule has 0 unspecified atom stereocenters. The second-order valence-corrected chi connectivity index (χ2v) is 6.57. The van der Waals surface area contributed by atoms with Gasteiger partial charge in [0.05, 0.1) is 5.52 Å². The molecule has 0 N–H and O–H groups in total. The minimum absolute atomic E-state index is 0.0813. The van der Waals surface area contributed by atoms with E-state index in [-0.39, 0.29) is 18.0 Å². The van der Waals surface area contributed by atoms with Gasteiger partial charge < -0.3 is 9.47 Å². The lowest BCUT2D eigenvalue weighted by Gasteiger charge is -2.30. The number of aromatic nitrogens is 2. The molecule has 2 aromatic heterocycles. The van der Waals surface area contributed by atoms with Crippen LogP contribution in [0, 0.1) is 0 Å². The van der Waals surface area contributed by atoms with Gasteiger partial charge >= 0.3 is 0 Å². The lowest BCUT2D eigenvalue weighted by atomic mass is 10.1. The van der Waals surface area contributed by atoms with Crippen LogP contribution in [0.1, 0.15) is 38.1 Å². The number of nitrogens with zero attached hydrogens (tertiary/aromatic N) is 3. The van der Waals surface area contributed by atoms with Crippen LogP contribution in [0.2, 0.25) is 0 Å². The number of rotatable bonds is 3. The van der Waals surface area contributed by atoms with Crippen molar-refractivity contribution in [2.24, 2.45) is 7.05 Å². The van der Waals surface area contributed by atoms with Crippen molar-refractivity contribution in [1.29, 1.82) is 0 Å². The molecule has 0 radical (unpaired) electrons. The van der Waals surface area contributed by atoms with E-state index in [4.69, 9.17) is 0 Å². The maximum Gasteiger partial charge on any atom is 0.254 e. The van der Waals surface area contributed by atoms with Crippen LogP contribution in [-0.2, 0) is 7.05 Å². The molecule has 0 fully saturated rings. The lowest BCUT2D eigenvalue weighted by Crippen LogP contribution is -2.42. The third kappa shape index (κ3) is 2.48. The summed E-state index contributed by atoms with van der Waals surface area (Å²) in [5.74, 6) is 0.0813. The largest absolute Gasteiger partial charge is 0.334 e.